The molecular formula is C13H16N6O6. The highest BCUT2D eigenvalue weighted by molar-refractivity contribution is 5.24. The highest BCUT2D eigenvalue weighted by atomic mass is 16.7. The summed E-state index contributed by atoms with van der Waals surface area (Å²) in [6, 6.07) is 7.51. The Morgan fingerprint density at radius 2 is 1.32 bits per heavy atom. The van der Waals surface area contributed by atoms with Gasteiger partial charge in [-0.25, -0.2) is 30.3 Å². The zero-order valence-electron chi connectivity index (χ0n) is 13.1. The molecule has 2 atom stereocenters. The van der Waals surface area contributed by atoms with Crippen molar-refractivity contribution in [3.05, 3.63) is 65.7 Å². The maximum absolute atomic E-state index is 11.6. The molecule has 0 radical (unpaired) electrons. The molecule has 12 heteroatoms. The summed E-state index contributed by atoms with van der Waals surface area (Å²) in [7, 11) is 0. The van der Waals surface area contributed by atoms with Crippen LogP contribution in [-0.2, 0) is 12.8 Å². The van der Waals surface area contributed by atoms with Gasteiger partial charge in [-0.05, 0) is 24.0 Å². The average Bonchev–Trinajstić information content (AvgIpc) is 2.56. The predicted octanol–water partition coefficient (Wildman–Crippen LogP) is 0.670. The second kappa shape index (κ2) is 6.37. The molecule has 1 saturated heterocycles. The van der Waals surface area contributed by atoms with Gasteiger partial charge in [0.25, 0.3) is 0 Å². The zero-order valence-corrected chi connectivity index (χ0v) is 13.1. The smallest absolute Gasteiger partial charge is 0.223 e. The van der Waals surface area contributed by atoms with Gasteiger partial charge in [0, 0.05) is 12.8 Å². The van der Waals surface area contributed by atoms with Crippen LogP contribution in [0.15, 0.2) is 24.3 Å². The van der Waals surface area contributed by atoms with Gasteiger partial charge in [0.2, 0.25) is 19.0 Å². The zero-order chi connectivity index (χ0) is 18.1. The molecule has 2 heterocycles. The van der Waals surface area contributed by atoms with Crippen molar-refractivity contribution in [2.75, 3.05) is 6.67 Å². The highest BCUT2D eigenvalue weighted by Crippen LogP contribution is 2.28. The molecule has 12 nitrogen and oxygen atoms in total. The molecule has 1 fully saturated rings. The Morgan fingerprint density at radius 3 is 1.72 bits per heavy atom. The van der Waals surface area contributed by atoms with Crippen LogP contribution in [0.5, 0.6) is 0 Å². The Bertz CT molecular complexity index is 667. The van der Waals surface area contributed by atoms with Gasteiger partial charge in [0.15, 0.2) is 15.1 Å². The summed E-state index contributed by atoms with van der Waals surface area (Å²) in [6.45, 7) is -0.604. The summed E-state index contributed by atoms with van der Waals surface area (Å²) in [5.41, 5.74) is 1.86. The maximum atomic E-state index is 11.6. The minimum atomic E-state index is -1.16. The van der Waals surface area contributed by atoms with Gasteiger partial charge in [-0.15, -0.1) is 0 Å². The molecule has 3 rings (SSSR count). The van der Waals surface area contributed by atoms with Crippen LogP contribution in [0.3, 0.4) is 0 Å². The first-order valence-electron chi connectivity index (χ1n) is 7.71. The third-order valence-corrected chi connectivity index (χ3v) is 4.57. The average molecular weight is 352 g/mol. The highest BCUT2D eigenvalue weighted by Gasteiger charge is 2.54. The number of rotatable bonds is 3. The van der Waals surface area contributed by atoms with Crippen molar-refractivity contribution in [3.8, 4) is 0 Å². The Kier molecular flexibility index (Phi) is 4.25. The molecule has 1 aromatic rings. The summed E-state index contributed by atoms with van der Waals surface area (Å²) in [5.74, 6) is 0. The van der Waals surface area contributed by atoms with Crippen LogP contribution >= 0.6 is 0 Å². The lowest BCUT2D eigenvalue weighted by Gasteiger charge is -2.40. The molecule has 0 spiro atoms. The second-order valence-corrected chi connectivity index (χ2v) is 5.97. The molecule has 0 saturated carbocycles. The van der Waals surface area contributed by atoms with Gasteiger partial charge in [0.05, 0.1) is 0 Å². The lowest BCUT2D eigenvalue weighted by Crippen LogP contribution is -2.70. The van der Waals surface area contributed by atoms with Gasteiger partial charge in [-0.3, -0.25) is 0 Å². The molecule has 0 aliphatic carbocycles. The number of aryl methyl sites for hydroxylation is 2. The molecule has 2 aliphatic heterocycles. The fourth-order valence-electron chi connectivity index (χ4n) is 3.44. The van der Waals surface area contributed by atoms with E-state index in [1.165, 1.54) is 0 Å². The van der Waals surface area contributed by atoms with Crippen molar-refractivity contribution in [2.24, 2.45) is 0 Å². The van der Waals surface area contributed by atoms with E-state index in [-0.39, 0.29) is 12.8 Å². The quantitative estimate of drug-likeness (QED) is 0.567. The molecule has 25 heavy (non-hydrogen) atoms. The lowest BCUT2D eigenvalue weighted by atomic mass is 9.99. The van der Waals surface area contributed by atoms with Crippen molar-refractivity contribution in [1.29, 1.82) is 0 Å². The maximum Gasteiger partial charge on any atom is 0.223 e. The van der Waals surface area contributed by atoms with E-state index in [1.54, 1.807) is 0 Å². The Balaban J connectivity index is 2.05. The Morgan fingerprint density at radius 1 is 0.840 bits per heavy atom. The Labute approximate surface area is 141 Å². The van der Waals surface area contributed by atoms with E-state index < -0.39 is 34.1 Å². The van der Waals surface area contributed by atoms with E-state index >= 15 is 0 Å². The summed E-state index contributed by atoms with van der Waals surface area (Å²) >= 11 is 0. The number of nitrogens with zero attached hydrogens (tertiary/aromatic N) is 6. The summed E-state index contributed by atoms with van der Waals surface area (Å²) in [5, 5.41) is 33.7. The fraction of sp³-hybridized carbons (Fsp3) is 0.538. The van der Waals surface area contributed by atoms with E-state index in [4.69, 9.17) is 0 Å². The number of hydrogen-bond donors (Lipinski definition) is 0. The van der Waals surface area contributed by atoms with Gasteiger partial charge < -0.3 is 0 Å². The topological polar surface area (TPSA) is 139 Å². The second-order valence-electron chi connectivity index (χ2n) is 5.97. The van der Waals surface area contributed by atoms with Crippen molar-refractivity contribution < 1.29 is 15.1 Å². The number of hydrazine groups is 3. The molecule has 2 unspecified atom stereocenters. The molecule has 0 aromatic heterocycles. The van der Waals surface area contributed by atoms with Gasteiger partial charge in [0.1, 0.15) is 0 Å². The van der Waals surface area contributed by atoms with Gasteiger partial charge >= 0.3 is 0 Å². The number of hydrogen-bond acceptors (Lipinski definition) is 6. The van der Waals surface area contributed by atoms with E-state index in [0.29, 0.717) is 27.9 Å². The van der Waals surface area contributed by atoms with Gasteiger partial charge in [-0.1, -0.05) is 39.3 Å². The van der Waals surface area contributed by atoms with Crippen LogP contribution in [-0.4, -0.2) is 49.1 Å². The summed E-state index contributed by atoms with van der Waals surface area (Å²) in [4.78, 5) is 34.3. The fourth-order valence-corrected chi connectivity index (χ4v) is 3.44. The predicted molar refractivity (Wildman–Crippen MR) is 82.0 cm³/mol. The molecule has 4 bridgehead atoms. The van der Waals surface area contributed by atoms with E-state index in [1.807, 2.05) is 24.3 Å². The minimum Gasteiger partial charge on any atom is -0.235 e. The number of fused-ring (bicyclic) bond motifs is 4. The van der Waals surface area contributed by atoms with Crippen LogP contribution in [0.2, 0.25) is 0 Å². The van der Waals surface area contributed by atoms with Crippen LogP contribution < -0.4 is 0 Å². The molecule has 134 valence electrons. The third-order valence-electron chi connectivity index (χ3n) is 4.57. The lowest BCUT2D eigenvalue weighted by molar-refractivity contribution is -0.799. The van der Waals surface area contributed by atoms with Crippen LogP contribution in [0, 0.1) is 30.3 Å². The minimum absolute atomic E-state index is 0.119. The normalized spacial score (nSPS) is 23.1. The van der Waals surface area contributed by atoms with E-state index in [2.05, 4.69) is 0 Å². The first-order valence-corrected chi connectivity index (χ1v) is 7.71. The van der Waals surface area contributed by atoms with Crippen LogP contribution in [0.1, 0.15) is 24.0 Å². The number of nitro groups is 3. The van der Waals surface area contributed by atoms with Gasteiger partial charge in [-0.2, -0.15) is 0 Å². The van der Waals surface area contributed by atoms with E-state index in [0.717, 1.165) is 11.1 Å². The Hall–Kier alpha value is -3.18. The summed E-state index contributed by atoms with van der Waals surface area (Å²) < 4.78 is 0. The molecule has 0 N–H and O–H groups in total. The monoisotopic (exact) mass is 352 g/mol. The number of benzene rings is 1. The summed E-state index contributed by atoms with van der Waals surface area (Å²) in [6.07, 6.45) is -1.28. The van der Waals surface area contributed by atoms with Crippen molar-refractivity contribution >= 4 is 0 Å². The van der Waals surface area contributed by atoms with Crippen molar-refractivity contribution in [3.63, 3.8) is 0 Å². The molecule has 1 aromatic carbocycles. The first kappa shape index (κ1) is 16.7. The first-order chi connectivity index (χ1) is 11.9. The third kappa shape index (κ3) is 3.09. The molecule has 0 amide bonds. The standard InChI is InChI=1S/C13H16N6O6/c20-17(21)14-9-15(18(22)23)13-7-5-11-3-1-2-10(8-11)4-6-12(14)16(13)19(24)25/h1-3,8,12-13H,4-7,9H2. The molecular weight excluding hydrogens is 336 g/mol. The largest absolute Gasteiger partial charge is 0.235 e. The van der Waals surface area contributed by atoms with Crippen LogP contribution in [0.4, 0.5) is 0 Å². The van der Waals surface area contributed by atoms with Crippen LogP contribution in [0.25, 0.3) is 0 Å². The van der Waals surface area contributed by atoms with E-state index in [9.17, 15) is 30.3 Å². The SMILES string of the molecule is O=[N+]([O-])N1CN([N+](=O)[O-])C2CCc3cccc(c3)CCC1N2[N+](=O)[O-]. The van der Waals surface area contributed by atoms with Crippen molar-refractivity contribution in [2.45, 2.75) is 38.0 Å². The van der Waals surface area contributed by atoms with Crippen molar-refractivity contribution in [1.82, 2.24) is 15.0 Å². The molecule has 2 aliphatic rings.